The molecule has 0 aromatic heterocycles. The number of nitrogens with one attached hydrogen (secondary N) is 1. The Hall–Kier alpha value is -4.16. The molecular formula is C29H27N3O3. The maximum atomic E-state index is 13.9. The second kappa shape index (κ2) is 9.24. The molecule has 0 atom stereocenters. The van der Waals surface area contributed by atoms with Crippen molar-refractivity contribution in [2.45, 2.75) is 12.1 Å². The predicted molar refractivity (Wildman–Crippen MR) is 136 cm³/mol. The standard InChI is InChI=1S/C29H27N3O3/c1-31(19-21-13-14-23-18-26(35-2)16-15-22(23)17-21)20-32-27(33)29(30-28(32)34,24-9-5-3-6-10-24)25-11-7-4-8-12-25/h3-18H,19-20H2,1-2H3,(H,30,34). The van der Waals surface area contributed by atoms with E-state index in [-0.39, 0.29) is 12.6 Å². The van der Waals surface area contributed by atoms with Gasteiger partial charge in [-0.3, -0.25) is 9.69 Å². The fraction of sp³-hybridized carbons (Fsp3) is 0.172. The first kappa shape index (κ1) is 22.6. The molecule has 3 amide bonds. The summed E-state index contributed by atoms with van der Waals surface area (Å²) in [4.78, 5) is 30.3. The summed E-state index contributed by atoms with van der Waals surface area (Å²) in [7, 11) is 3.56. The zero-order chi connectivity index (χ0) is 24.4. The van der Waals surface area contributed by atoms with Gasteiger partial charge in [-0.2, -0.15) is 0 Å². The van der Waals surface area contributed by atoms with Gasteiger partial charge in [0.15, 0.2) is 5.54 Å². The van der Waals surface area contributed by atoms with Crippen LogP contribution in [0.25, 0.3) is 10.8 Å². The van der Waals surface area contributed by atoms with Gasteiger partial charge >= 0.3 is 6.03 Å². The number of rotatable bonds is 7. The average molecular weight is 466 g/mol. The van der Waals surface area contributed by atoms with E-state index in [0.717, 1.165) is 33.2 Å². The molecule has 5 rings (SSSR count). The molecular weight excluding hydrogens is 438 g/mol. The second-order valence-electron chi connectivity index (χ2n) is 8.85. The molecule has 1 saturated heterocycles. The van der Waals surface area contributed by atoms with Crippen LogP contribution in [-0.4, -0.2) is 42.6 Å². The van der Waals surface area contributed by atoms with Crippen LogP contribution in [0.4, 0.5) is 4.79 Å². The van der Waals surface area contributed by atoms with Crippen molar-refractivity contribution in [3.8, 4) is 5.75 Å². The highest BCUT2D eigenvalue weighted by Gasteiger charge is 2.53. The number of methoxy groups -OCH3 is 1. The molecule has 0 bridgehead atoms. The van der Waals surface area contributed by atoms with Crippen molar-refractivity contribution < 1.29 is 14.3 Å². The second-order valence-corrected chi connectivity index (χ2v) is 8.85. The first-order chi connectivity index (χ1) is 17.0. The minimum atomic E-state index is -1.25. The topological polar surface area (TPSA) is 61.9 Å². The number of carbonyl (C=O) groups excluding carboxylic acids is 2. The van der Waals surface area contributed by atoms with Gasteiger partial charge in [0.2, 0.25) is 0 Å². The molecule has 0 radical (unpaired) electrons. The van der Waals surface area contributed by atoms with Crippen LogP contribution in [0.1, 0.15) is 16.7 Å². The van der Waals surface area contributed by atoms with Crippen molar-refractivity contribution in [1.29, 1.82) is 0 Å². The van der Waals surface area contributed by atoms with E-state index >= 15 is 0 Å². The Morgan fingerprint density at radius 1 is 0.829 bits per heavy atom. The molecule has 4 aromatic rings. The summed E-state index contributed by atoms with van der Waals surface area (Å²) in [6.07, 6.45) is 0. The summed E-state index contributed by atoms with van der Waals surface area (Å²) in [6.45, 7) is 0.759. The van der Waals surface area contributed by atoms with Crippen molar-refractivity contribution in [2.75, 3.05) is 20.8 Å². The molecule has 35 heavy (non-hydrogen) atoms. The highest BCUT2D eigenvalue weighted by Crippen LogP contribution is 2.36. The number of hydrogen-bond acceptors (Lipinski definition) is 4. The van der Waals surface area contributed by atoms with E-state index < -0.39 is 11.6 Å². The number of urea groups is 1. The fourth-order valence-corrected chi connectivity index (χ4v) is 4.74. The van der Waals surface area contributed by atoms with Crippen LogP contribution in [0.2, 0.25) is 0 Å². The largest absolute Gasteiger partial charge is 0.497 e. The molecule has 1 N–H and O–H groups in total. The van der Waals surface area contributed by atoms with Gasteiger partial charge in [0, 0.05) is 6.54 Å². The van der Waals surface area contributed by atoms with Crippen LogP contribution in [0.15, 0.2) is 97.1 Å². The molecule has 4 aromatic carbocycles. The van der Waals surface area contributed by atoms with E-state index in [9.17, 15) is 9.59 Å². The summed E-state index contributed by atoms with van der Waals surface area (Å²) in [5.41, 5.74) is 1.32. The number of fused-ring (bicyclic) bond motifs is 1. The smallest absolute Gasteiger partial charge is 0.326 e. The molecule has 0 saturated carbocycles. The van der Waals surface area contributed by atoms with E-state index in [4.69, 9.17) is 4.74 Å². The molecule has 1 fully saturated rings. The van der Waals surface area contributed by atoms with Gasteiger partial charge in [0.05, 0.1) is 13.8 Å². The van der Waals surface area contributed by atoms with Crippen LogP contribution in [0.3, 0.4) is 0 Å². The minimum Gasteiger partial charge on any atom is -0.497 e. The zero-order valence-electron chi connectivity index (χ0n) is 19.8. The zero-order valence-corrected chi connectivity index (χ0v) is 19.8. The van der Waals surface area contributed by atoms with Gasteiger partial charge in [-0.1, -0.05) is 78.9 Å². The maximum Gasteiger partial charge on any atom is 0.326 e. The molecule has 6 nitrogen and oxygen atoms in total. The number of carbonyl (C=O) groups is 2. The lowest BCUT2D eigenvalue weighted by atomic mass is 9.83. The number of hydrogen-bond donors (Lipinski definition) is 1. The number of nitrogens with zero attached hydrogens (tertiary/aromatic N) is 2. The molecule has 1 aliphatic rings. The molecule has 1 heterocycles. The van der Waals surface area contributed by atoms with Gasteiger partial charge in [0.1, 0.15) is 5.75 Å². The Kier molecular flexibility index (Phi) is 5.97. The highest BCUT2D eigenvalue weighted by atomic mass is 16.5. The summed E-state index contributed by atoms with van der Waals surface area (Å²) < 4.78 is 5.31. The number of ether oxygens (including phenoxy) is 1. The van der Waals surface area contributed by atoms with Crippen molar-refractivity contribution >= 4 is 22.7 Å². The molecule has 176 valence electrons. The lowest BCUT2D eigenvalue weighted by molar-refractivity contribution is -0.131. The van der Waals surface area contributed by atoms with Gasteiger partial charge < -0.3 is 10.1 Å². The third-order valence-corrected chi connectivity index (χ3v) is 6.47. The van der Waals surface area contributed by atoms with Crippen molar-refractivity contribution in [3.63, 3.8) is 0 Å². The number of benzene rings is 4. The lowest BCUT2D eigenvalue weighted by Gasteiger charge is -2.28. The van der Waals surface area contributed by atoms with Crippen LogP contribution in [0.5, 0.6) is 5.75 Å². The van der Waals surface area contributed by atoms with Gasteiger partial charge in [-0.25, -0.2) is 9.69 Å². The SMILES string of the molecule is COc1ccc2cc(CN(C)CN3C(=O)NC(c4ccccc4)(c4ccccc4)C3=O)ccc2c1. The van der Waals surface area contributed by atoms with E-state index in [2.05, 4.69) is 23.5 Å². The quantitative estimate of drug-likeness (QED) is 0.401. The van der Waals surface area contributed by atoms with Gasteiger partial charge in [-0.05, 0) is 52.7 Å². The Labute approximate surface area is 204 Å². The average Bonchev–Trinajstić information content (AvgIpc) is 3.15. The normalized spacial score (nSPS) is 15.0. The van der Waals surface area contributed by atoms with E-state index in [1.165, 1.54) is 4.90 Å². The molecule has 0 aliphatic carbocycles. The van der Waals surface area contributed by atoms with Gasteiger partial charge in [0.25, 0.3) is 5.91 Å². The van der Waals surface area contributed by atoms with Crippen molar-refractivity contribution in [1.82, 2.24) is 15.1 Å². The first-order valence-corrected chi connectivity index (χ1v) is 11.5. The van der Waals surface area contributed by atoms with E-state index in [1.807, 2.05) is 90.8 Å². The Bertz CT molecular complexity index is 1330. The van der Waals surface area contributed by atoms with Crippen LogP contribution >= 0.6 is 0 Å². The maximum absolute atomic E-state index is 13.9. The first-order valence-electron chi connectivity index (χ1n) is 11.5. The molecule has 0 unspecified atom stereocenters. The Balaban J connectivity index is 1.39. The molecule has 6 heteroatoms. The lowest BCUT2D eigenvalue weighted by Crippen LogP contribution is -2.46. The van der Waals surface area contributed by atoms with Crippen molar-refractivity contribution in [3.05, 3.63) is 114 Å². The van der Waals surface area contributed by atoms with Crippen molar-refractivity contribution in [2.24, 2.45) is 0 Å². The van der Waals surface area contributed by atoms with Crippen LogP contribution in [0, 0.1) is 0 Å². The summed E-state index contributed by atoms with van der Waals surface area (Å²) in [5.74, 6) is 0.540. The fourth-order valence-electron chi connectivity index (χ4n) is 4.74. The molecule has 1 aliphatic heterocycles. The van der Waals surface area contributed by atoms with Gasteiger partial charge in [-0.15, -0.1) is 0 Å². The van der Waals surface area contributed by atoms with Crippen LogP contribution < -0.4 is 10.1 Å². The third kappa shape index (κ3) is 4.13. The monoisotopic (exact) mass is 465 g/mol. The Morgan fingerprint density at radius 3 is 2.06 bits per heavy atom. The van der Waals surface area contributed by atoms with E-state index in [1.54, 1.807) is 7.11 Å². The highest BCUT2D eigenvalue weighted by molar-refractivity contribution is 6.09. The Morgan fingerprint density at radius 2 is 1.43 bits per heavy atom. The van der Waals surface area contributed by atoms with E-state index in [0.29, 0.717) is 6.54 Å². The minimum absolute atomic E-state index is 0.173. The third-order valence-electron chi connectivity index (χ3n) is 6.47. The number of amides is 3. The number of imide groups is 1. The van der Waals surface area contributed by atoms with Crippen LogP contribution in [-0.2, 0) is 16.9 Å². The predicted octanol–water partition coefficient (Wildman–Crippen LogP) is 4.73. The molecule has 0 spiro atoms. The summed E-state index contributed by atoms with van der Waals surface area (Å²) in [5, 5.41) is 5.21. The summed E-state index contributed by atoms with van der Waals surface area (Å²) in [6, 6.07) is 30.6. The summed E-state index contributed by atoms with van der Waals surface area (Å²) >= 11 is 0.